The molecule has 2 N–H and O–H groups in total. The minimum absolute atomic E-state index is 0.114. The number of Topliss-reactive ketones (excluding diaryl/α,β-unsaturated/α-hetero) is 1. The SMILES string of the molecule is COC(=O)C1=C2C(=O)NCCN2C(C(=O)Nc2ccc(Cl)c(C)c2)CC1=O. The Morgan fingerprint density at radius 2 is 2.07 bits per heavy atom. The molecule has 0 radical (unpaired) electrons. The molecular weight excluding hydrogens is 374 g/mol. The third-order valence-corrected chi connectivity index (χ3v) is 4.95. The monoisotopic (exact) mass is 391 g/mol. The van der Waals surface area contributed by atoms with E-state index in [1.165, 1.54) is 4.90 Å². The fourth-order valence-electron chi connectivity index (χ4n) is 3.20. The largest absolute Gasteiger partial charge is 0.465 e. The molecule has 2 heterocycles. The maximum atomic E-state index is 12.8. The van der Waals surface area contributed by atoms with Crippen molar-refractivity contribution in [1.29, 1.82) is 0 Å². The minimum Gasteiger partial charge on any atom is -0.465 e. The minimum atomic E-state index is -0.900. The molecule has 0 spiro atoms. The van der Waals surface area contributed by atoms with Crippen LogP contribution in [-0.2, 0) is 23.9 Å². The number of nitrogens with zero attached hydrogens (tertiary/aromatic N) is 1. The van der Waals surface area contributed by atoms with Crippen LogP contribution in [0.1, 0.15) is 12.0 Å². The number of aryl methyl sites for hydroxylation is 1. The number of benzene rings is 1. The van der Waals surface area contributed by atoms with Gasteiger partial charge in [-0.1, -0.05) is 11.6 Å². The van der Waals surface area contributed by atoms with E-state index < -0.39 is 29.6 Å². The second-order valence-electron chi connectivity index (χ2n) is 6.26. The van der Waals surface area contributed by atoms with Gasteiger partial charge in [-0.05, 0) is 30.7 Å². The average Bonchev–Trinajstić information content (AvgIpc) is 2.64. The summed E-state index contributed by atoms with van der Waals surface area (Å²) in [5.74, 6) is -2.50. The Balaban J connectivity index is 1.92. The number of rotatable bonds is 3. The Morgan fingerprint density at radius 1 is 1.33 bits per heavy atom. The summed E-state index contributed by atoms with van der Waals surface area (Å²) in [7, 11) is 1.13. The molecule has 1 unspecified atom stereocenters. The number of hydrogen-bond acceptors (Lipinski definition) is 6. The normalized spacial score (nSPS) is 19.4. The summed E-state index contributed by atoms with van der Waals surface area (Å²) in [6.07, 6.45) is -0.223. The summed E-state index contributed by atoms with van der Waals surface area (Å²) < 4.78 is 4.64. The lowest BCUT2D eigenvalue weighted by Gasteiger charge is -2.40. The Bertz CT molecular complexity index is 880. The summed E-state index contributed by atoms with van der Waals surface area (Å²) in [4.78, 5) is 51.1. The van der Waals surface area contributed by atoms with Gasteiger partial charge in [-0.15, -0.1) is 0 Å². The standard InChI is InChI=1S/C18H18ClN3O5/c1-9-7-10(3-4-11(9)19)21-16(24)12-8-13(23)14(18(26)27-2)15-17(25)20-5-6-22(12)15/h3-4,7,12H,5-6,8H2,1-2H3,(H,20,25)(H,21,24). The number of carbonyl (C=O) groups is 4. The second-order valence-corrected chi connectivity index (χ2v) is 6.67. The third-order valence-electron chi connectivity index (χ3n) is 4.53. The molecule has 0 bridgehead atoms. The van der Waals surface area contributed by atoms with Crippen LogP contribution in [0.5, 0.6) is 0 Å². The Hall–Kier alpha value is -2.87. The van der Waals surface area contributed by atoms with Crippen LogP contribution in [0.3, 0.4) is 0 Å². The van der Waals surface area contributed by atoms with Crippen molar-refractivity contribution in [3.63, 3.8) is 0 Å². The first kappa shape index (κ1) is 18.9. The van der Waals surface area contributed by atoms with Gasteiger partial charge >= 0.3 is 5.97 Å². The first-order chi connectivity index (χ1) is 12.8. The molecular formula is C18H18ClN3O5. The van der Waals surface area contributed by atoms with Crippen molar-refractivity contribution < 1.29 is 23.9 Å². The Morgan fingerprint density at radius 3 is 2.74 bits per heavy atom. The van der Waals surface area contributed by atoms with Crippen molar-refractivity contribution in [2.75, 3.05) is 25.5 Å². The van der Waals surface area contributed by atoms with Crippen molar-refractivity contribution >= 4 is 40.9 Å². The van der Waals surface area contributed by atoms with Gasteiger partial charge in [0, 0.05) is 30.2 Å². The van der Waals surface area contributed by atoms with E-state index in [1.54, 1.807) is 25.1 Å². The summed E-state index contributed by atoms with van der Waals surface area (Å²) in [5, 5.41) is 5.90. The van der Waals surface area contributed by atoms with Crippen LogP contribution in [0.2, 0.25) is 5.02 Å². The molecule has 8 nitrogen and oxygen atoms in total. The number of ketones is 1. The molecule has 1 fully saturated rings. The molecule has 2 amide bonds. The van der Waals surface area contributed by atoms with Crippen LogP contribution in [0, 0.1) is 6.92 Å². The molecule has 1 atom stereocenters. The maximum absolute atomic E-state index is 12.8. The van der Waals surface area contributed by atoms with E-state index in [1.807, 2.05) is 0 Å². The number of nitrogens with one attached hydrogen (secondary N) is 2. The molecule has 0 saturated carbocycles. The number of methoxy groups -OCH3 is 1. The molecule has 9 heteroatoms. The summed E-state index contributed by atoms with van der Waals surface area (Å²) in [6, 6.07) is 4.12. The number of hydrogen-bond donors (Lipinski definition) is 2. The topological polar surface area (TPSA) is 105 Å². The van der Waals surface area contributed by atoms with E-state index in [2.05, 4.69) is 15.4 Å². The average molecular weight is 392 g/mol. The van der Waals surface area contributed by atoms with Gasteiger partial charge in [-0.25, -0.2) is 4.79 Å². The summed E-state index contributed by atoms with van der Waals surface area (Å²) in [5.41, 5.74) is 0.887. The van der Waals surface area contributed by atoms with Gasteiger partial charge in [0.15, 0.2) is 5.78 Å². The van der Waals surface area contributed by atoms with Crippen LogP contribution in [0.4, 0.5) is 5.69 Å². The van der Waals surface area contributed by atoms with E-state index in [0.29, 0.717) is 23.8 Å². The van der Waals surface area contributed by atoms with Gasteiger partial charge in [0.1, 0.15) is 17.3 Å². The predicted molar refractivity (Wildman–Crippen MR) is 97.0 cm³/mol. The highest BCUT2D eigenvalue weighted by Gasteiger charge is 2.44. The van der Waals surface area contributed by atoms with Crippen molar-refractivity contribution in [3.8, 4) is 0 Å². The highest BCUT2D eigenvalue weighted by molar-refractivity contribution is 6.31. The van der Waals surface area contributed by atoms with Crippen LogP contribution < -0.4 is 10.6 Å². The lowest BCUT2D eigenvalue weighted by Crippen LogP contribution is -2.57. The molecule has 27 heavy (non-hydrogen) atoms. The van der Waals surface area contributed by atoms with Crippen molar-refractivity contribution in [2.24, 2.45) is 0 Å². The van der Waals surface area contributed by atoms with Gasteiger partial charge in [-0.2, -0.15) is 0 Å². The Labute approximate surface area is 160 Å². The number of piperazine rings is 1. The predicted octanol–water partition coefficient (Wildman–Crippen LogP) is 0.787. The van der Waals surface area contributed by atoms with E-state index in [-0.39, 0.29) is 17.7 Å². The van der Waals surface area contributed by atoms with Crippen molar-refractivity contribution in [1.82, 2.24) is 10.2 Å². The number of ether oxygens (including phenoxy) is 1. The van der Waals surface area contributed by atoms with Gasteiger partial charge in [0.25, 0.3) is 5.91 Å². The molecule has 0 aromatic heterocycles. The van der Waals surface area contributed by atoms with Crippen LogP contribution >= 0.6 is 11.6 Å². The number of fused-ring (bicyclic) bond motifs is 1. The first-order valence-corrected chi connectivity index (χ1v) is 8.69. The molecule has 1 saturated heterocycles. The highest BCUT2D eigenvalue weighted by atomic mass is 35.5. The zero-order chi connectivity index (χ0) is 19.7. The van der Waals surface area contributed by atoms with E-state index in [9.17, 15) is 19.2 Å². The number of halogens is 1. The molecule has 2 aliphatic heterocycles. The van der Waals surface area contributed by atoms with Crippen molar-refractivity contribution in [3.05, 3.63) is 40.1 Å². The van der Waals surface area contributed by atoms with E-state index in [0.717, 1.165) is 12.7 Å². The zero-order valence-electron chi connectivity index (χ0n) is 14.8. The number of esters is 1. The maximum Gasteiger partial charge on any atom is 0.343 e. The number of anilines is 1. The van der Waals surface area contributed by atoms with Gasteiger partial charge in [-0.3, -0.25) is 14.4 Å². The quantitative estimate of drug-likeness (QED) is 0.583. The molecule has 1 aromatic rings. The molecule has 0 aliphatic carbocycles. The fourth-order valence-corrected chi connectivity index (χ4v) is 3.32. The van der Waals surface area contributed by atoms with E-state index >= 15 is 0 Å². The van der Waals surface area contributed by atoms with E-state index in [4.69, 9.17) is 11.6 Å². The third kappa shape index (κ3) is 3.52. The molecule has 142 valence electrons. The zero-order valence-corrected chi connectivity index (χ0v) is 15.6. The lowest BCUT2D eigenvalue weighted by atomic mass is 9.92. The molecule has 1 aromatic carbocycles. The second kappa shape index (κ2) is 7.40. The Kier molecular flexibility index (Phi) is 5.18. The molecule has 2 aliphatic rings. The van der Waals surface area contributed by atoms with Crippen LogP contribution in [0.25, 0.3) is 0 Å². The molecule has 3 rings (SSSR count). The summed E-state index contributed by atoms with van der Waals surface area (Å²) in [6.45, 7) is 2.40. The van der Waals surface area contributed by atoms with Gasteiger partial charge in [0.05, 0.1) is 7.11 Å². The summed E-state index contributed by atoms with van der Waals surface area (Å²) >= 11 is 5.99. The van der Waals surface area contributed by atoms with Gasteiger partial charge < -0.3 is 20.3 Å². The highest BCUT2D eigenvalue weighted by Crippen LogP contribution is 2.28. The van der Waals surface area contributed by atoms with Crippen molar-refractivity contribution in [2.45, 2.75) is 19.4 Å². The van der Waals surface area contributed by atoms with Crippen LogP contribution in [0.15, 0.2) is 29.5 Å². The van der Waals surface area contributed by atoms with Crippen LogP contribution in [-0.4, -0.2) is 54.7 Å². The number of carbonyl (C=O) groups excluding carboxylic acids is 4. The lowest BCUT2D eigenvalue weighted by molar-refractivity contribution is -0.141. The smallest absolute Gasteiger partial charge is 0.343 e. The van der Waals surface area contributed by atoms with Gasteiger partial charge in [0.2, 0.25) is 5.91 Å². The first-order valence-electron chi connectivity index (χ1n) is 8.31. The fraction of sp³-hybridized carbons (Fsp3) is 0.333. The number of amides is 2.